The van der Waals surface area contributed by atoms with E-state index in [0.29, 0.717) is 5.56 Å². The second-order valence-corrected chi connectivity index (χ2v) is 3.87. The fourth-order valence-electron chi connectivity index (χ4n) is 1.39. The van der Waals surface area contributed by atoms with E-state index in [-0.39, 0.29) is 0 Å². The van der Waals surface area contributed by atoms with E-state index in [1.807, 2.05) is 24.4 Å². The molecule has 0 unspecified atom stereocenters. The molecule has 0 aliphatic carbocycles. The zero-order chi connectivity index (χ0) is 9.42. The summed E-state index contributed by atoms with van der Waals surface area (Å²) >= 11 is 1.47. The normalized spacial score (nSPS) is 10.5. The van der Waals surface area contributed by atoms with Crippen LogP contribution < -0.4 is 0 Å². The van der Waals surface area contributed by atoms with Gasteiger partial charge >= 0.3 is 5.97 Å². The van der Waals surface area contributed by atoms with Crippen LogP contribution in [-0.4, -0.2) is 11.1 Å². The maximum Gasteiger partial charge on any atom is 0.337 e. The first-order valence-electron chi connectivity index (χ1n) is 3.89. The Balaban J connectivity index is 2.84. The molecule has 0 aliphatic rings. The number of rotatable bonds is 1. The van der Waals surface area contributed by atoms with Crippen LogP contribution in [0.3, 0.4) is 0 Å². The average Bonchev–Trinajstić information content (AvgIpc) is 2.49. The molecule has 3 heteroatoms. The van der Waals surface area contributed by atoms with Crippen LogP contribution >= 0.6 is 11.3 Å². The predicted octanol–water partition coefficient (Wildman–Crippen LogP) is 2.91. The van der Waals surface area contributed by atoms with Crippen LogP contribution in [0.4, 0.5) is 0 Å². The van der Waals surface area contributed by atoms with Crippen LogP contribution in [0.25, 0.3) is 10.1 Å². The van der Waals surface area contributed by atoms with Crippen molar-refractivity contribution >= 4 is 27.4 Å². The number of thiophene rings is 1. The van der Waals surface area contributed by atoms with Gasteiger partial charge in [-0.1, -0.05) is 6.07 Å². The van der Waals surface area contributed by atoms with Crippen molar-refractivity contribution in [1.82, 2.24) is 0 Å². The first-order chi connectivity index (χ1) is 6.18. The van der Waals surface area contributed by atoms with Crippen LogP contribution in [0.1, 0.15) is 15.9 Å². The molecule has 13 heavy (non-hydrogen) atoms. The Bertz CT molecular complexity index is 471. The number of carbonyl (C=O) groups is 1. The van der Waals surface area contributed by atoms with Gasteiger partial charge in [-0.25, -0.2) is 4.79 Å². The molecule has 0 fully saturated rings. The number of carboxylic acids is 1. The van der Waals surface area contributed by atoms with E-state index in [0.717, 1.165) is 15.6 Å². The van der Waals surface area contributed by atoms with Gasteiger partial charge in [-0.3, -0.25) is 0 Å². The zero-order valence-corrected chi connectivity index (χ0v) is 7.89. The summed E-state index contributed by atoms with van der Waals surface area (Å²) in [7, 11) is 0. The topological polar surface area (TPSA) is 37.3 Å². The highest BCUT2D eigenvalue weighted by Crippen LogP contribution is 2.26. The smallest absolute Gasteiger partial charge is 0.337 e. The molecule has 1 aromatic heterocycles. The average molecular weight is 192 g/mol. The van der Waals surface area contributed by atoms with Crippen LogP contribution in [-0.2, 0) is 0 Å². The van der Waals surface area contributed by atoms with E-state index in [2.05, 4.69) is 0 Å². The molecular weight excluding hydrogens is 184 g/mol. The van der Waals surface area contributed by atoms with Crippen molar-refractivity contribution in [2.45, 2.75) is 6.92 Å². The maximum absolute atomic E-state index is 10.9. The zero-order valence-electron chi connectivity index (χ0n) is 7.07. The highest BCUT2D eigenvalue weighted by Gasteiger charge is 2.09. The summed E-state index contributed by atoms with van der Waals surface area (Å²) in [6.45, 7) is 1.91. The maximum atomic E-state index is 10.9. The Labute approximate surface area is 79.4 Å². The first kappa shape index (κ1) is 8.26. The summed E-state index contributed by atoms with van der Waals surface area (Å²) in [5, 5.41) is 11.9. The third kappa shape index (κ3) is 1.31. The quantitative estimate of drug-likeness (QED) is 0.754. The Morgan fingerprint density at radius 1 is 1.46 bits per heavy atom. The van der Waals surface area contributed by atoms with Crippen LogP contribution in [0.5, 0.6) is 0 Å². The van der Waals surface area contributed by atoms with E-state index in [4.69, 9.17) is 5.11 Å². The third-order valence-electron chi connectivity index (χ3n) is 1.93. The molecule has 0 spiro atoms. The van der Waals surface area contributed by atoms with E-state index in [9.17, 15) is 4.79 Å². The highest BCUT2D eigenvalue weighted by atomic mass is 32.1. The van der Waals surface area contributed by atoms with Gasteiger partial charge in [-0.2, -0.15) is 0 Å². The number of benzene rings is 1. The molecule has 0 bridgehead atoms. The minimum atomic E-state index is -0.851. The number of fused-ring (bicyclic) bond motifs is 1. The molecule has 1 N–H and O–H groups in total. The van der Waals surface area contributed by atoms with Gasteiger partial charge in [-0.05, 0) is 35.4 Å². The fraction of sp³-hybridized carbons (Fsp3) is 0.100. The molecule has 2 rings (SSSR count). The van der Waals surface area contributed by atoms with Crippen molar-refractivity contribution in [3.8, 4) is 0 Å². The molecule has 66 valence electrons. The van der Waals surface area contributed by atoms with Gasteiger partial charge in [0.05, 0.1) is 5.56 Å². The van der Waals surface area contributed by atoms with Gasteiger partial charge in [0.25, 0.3) is 0 Å². The Morgan fingerprint density at radius 2 is 2.23 bits per heavy atom. The third-order valence-corrected chi connectivity index (χ3v) is 2.89. The van der Waals surface area contributed by atoms with E-state index in [1.165, 1.54) is 11.3 Å². The van der Waals surface area contributed by atoms with Gasteiger partial charge in [0.15, 0.2) is 0 Å². The van der Waals surface area contributed by atoms with Crippen LogP contribution in [0.15, 0.2) is 23.6 Å². The highest BCUT2D eigenvalue weighted by molar-refractivity contribution is 7.17. The largest absolute Gasteiger partial charge is 0.478 e. The lowest BCUT2D eigenvalue weighted by molar-refractivity contribution is 0.0699. The molecule has 2 aromatic rings. The van der Waals surface area contributed by atoms with Crippen molar-refractivity contribution in [2.24, 2.45) is 0 Å². The molecular formula is C10H8O2S. The number of carboxylic acid groups (broad SMARTS) is 1. The minimum Gasteiger partial charge on any atom is -0.478 e. The van der Waals surface area contributed by atoms with Crippen molar-refractivity contribution in [1.29, 1.82) is 0 Å². The predicted molar refractivity (Wildman–Crippen MR) is 53.5 cm³/mol. The lowest BCUT2D eigenvalue weighted by Crippen LogP contribution is -1.96. The molecule has 1 aromatic carbocycles. The van der Waals surface area contributed by atoms with Gasteiger partial charge < -0.3 is 5.11 Å². The molecule has 0 saturated carbocycles. The second-order valence-electron chi connectivity index (χ2n) is 2.96. The van der Waals surface area contributed by atoms with Gasteiger partial charge in [0.1, 0.15) is 0 Å². The Hall–Kier alpha value is -1.35. The molecule has 0 aliphatic heterocycles. The van der Waals surface area contributed by atoms with Gasteiger partial charge in [0, 0.05) is 4.70 Å². The summed E-state index contributed by atoms with van der Waals surface area (Å²) in [6.07, 6.45) is 0. The monoisotopic (exact) mass is 192 g/mol. The second kappa shape index (κ2) is 2.85. The SMILES string of the molecule is Cc1cc(C(=O)O)c2sccc2c1. The number of hydrogen-bond acceptors (Lipinski definition) is 2. The van der Waals surface area contributed by atoms with E-state index in [1.54, 1.807) is 6.07 Å². The van der Waals surface area contributed by atoms with Gasteiger partial charge in [-0.15, -0.1) is 11.3 Å². The number of aromatic carboxylic acids is 1. The summed E-state index contributed by atoms with van der Waals surface area (Å²) < 4.78 is 0.859. The van der Waals surface area contributed by atoms with Crippen molar-refractivity contribution in [2.75, 3.05) is 0 Å². The van der Waals surface area contributed by atoms with Crippen molar-refractivity contribution < 1.29 is 9.90 Å². The molecule has 2 nitrogen and oxygen atoms in total. The summed E-state index contributed by atoms with van der Waals surface area (Å²) in [5.41, 5.74) is 1.40. The van der Waals surface area contributed by atoms with Gasteiger partial charge in [0.2, 0.25) is 0 Å². The Kier molecular flexibility index (Phi) is 1.81. The summed E-state index contributed by atoms with van der Waals surface area (Å²) in [5.74, 6) is -0.851. The summed E-state index contributed by atoms with van der Waals surface area (Å²) in [4.78, 5) is 10.9. The molecule has 0 saturated heterocycles. The van der Waals surface area contributed by atoms with Crippen LogP contribution in [0.2, 0.25) is 0 Å². The first-order valence-corrected chi connectivity index (χ1v) is 4.77. The minimum absolute atomic E-state index is 0.407. The van der Waals surface area contributed by atoms with E-state index >= 15 is 0 Å². The summed E-state index contributed by atoms with van der Waals surface area (Å²) in [6, 6.07) is 5.65. The lowest BCUT2D eigenvalue weighted by Gasteiger charge is -1.98. The molecule has 0 radical (unpaired) electrons. The van der Waals surface area contributed by atoms with Crippen LogP contribution in [0, 0.1) is 6.92 Å². The Morgan fingerprint density at radius 3 is 2.92 bits per heavy atom. The molecule has 0 amide bonds. The standard InChI is InChI=1S/C10H8O2S/c1-6-4-7-2-3-13-9(7)8(5-6)10(11)12/h2-5H,1H3,(H,11,12). The molecule has 1 heterocycles. The molecule has 0 atom stereocenters. The lowest BCUT2D eigenvalue weighted by atomic mass is 10.1. The van der Waals surface area contributed by atoms with Crippen molar-refractivity contribution in [3.63, 3.8) is 0 Å². The number of hydrogen-bond donors (Lipinski definition) is 1. The van der Waals surface area contributed by atoms with Crippen molar-refractivity contribution in [3.05, 3.63) is 34.7 Å². The van der Waals surface area contributed by atoms with E-state index < -0.39 is 5.97 Å². The number of aryl methyl sites for hydroxylation is 1. The fourth-order valence-corrected chi connectivity index (χ4v) is 2.28.